The maximum Gasteiger partial charge on any atom is 0.268 e. The molecule has 1 aromatic carbocycles. The SMILES string of the molecule is Cc1c(C(=O)Nc2ncn[nH]2)sc2nc(Cc3ccccc3)[nH]c(=O)c12. The third-order valence-electron chi connectivity index (χ3n) is 3.92. The van der Waals surface area contributed by atoms with Crippen LogP contribution in [0.25, 0.3) is 10.2 Å². The fraction of sp³-hybridized carbons (Fsp3) is 0.118. The molecular weight excluding hydrogens is 352 g/mol. The molecule has 0 aliphatic carbocycles. The van der Waals surface area contributed by atoms with Gasteiger partial charge in [0.25, 0.3) is 11.5 Å². The second-order valence-electron chi connectivity index (χ2n) is 5.70. The number of aromatic nitrogens is 5. The van der Waals surface area contributed by atoms with Gasteiger partial charge in [-0.15, -0.1) is 11.3 Å². The van der Waals surface area contributed by atoms with E-state index in [1.165, 1.54) is 17.7 Å². The third-order valence-corrected chi connectivity index (χ3v) is 5.10. The van der Waals surface area contributed by atoms with Crippen molar-refractivity contribution in [1.82, 2.24) is 25.1 Å². The Bertz CT molecular complexity index is 1130. The second kappa shape index (κ2) is 6.52. The molecule has 0 unspecified atom stereocenters. The van der Waals surface area contributed by atoms with E-state index in [2.05, 4.69) is 30.5 Å². The molecule has 0 bridgehead atoms. The van der Waals surface area contributed by atoms with E-state index in [-0.39, 0.29) is 17.4 Å². The molecule has 0 radical (unpaired) electrons. The Balaban J connectivity index is 1.71. The zero-order chi connectivity index (χ0) is 18.1. The Morgan fingerprint density at radius 1 is 1.27 bits per heavy atom. The van der Waals surface area contributed by atoms with Crippen molar-refractivity contribution in [3.05, 3.63) is 68.8 Å². The van der Waals surface area contributed by atoms with Gasteiger partial charge in [0, 0.05) is 6.42 Å². The van der Waals surface area contributed by atoms with Gasteiger partial charge in [0.15, 0.2) is 0 Å². The molecule has 0 saturated heterocycles. The lowest BCUT2D eigenvalue weighted by Gasteiger charge is -2.01. The maximum atomic E-state index is 12.5. The topological polar surface area (TPSA) is 116 Å². The van der Waals surface area contributed by atoms with E-state index in [4.69, 9.17) is 0 Å². The number of benzene rings is 1. The highest BCUT2D eigenvalue weighted by atomic mass is 32.1. The molecule has 26 heavy (non-hydrogen) atoms. The molecule has 4 rings (SSSR count). The van der Waals surface area contributed by atoms with Crippen LogP contribution in [-0.2, 0) is 6.42 Å². The van der Waals surface area contributed by atoms with Crippen LogP contribution in [0.2, 0.25) is 0 Å². The second-order valence-corrected chi connectivity index (χ2v) is 6.70. The summed E-state index contributed by atoms with van der Waals surface area (Å²) in [4.78, 5) is 37.2. The number of hydrogen-bond acceptors (Lipinski definition) is 6. The molecule has 0 aliphatic rings. The lowest BCUT2D eigenvalue weighted by molar-refractivity contribution is 0.102. The quantitative estimate of drug-likeness (QED) is 0.512. The predicted molar refractivity (Wildman–Crippen MR) is 98.6 cm³/mol. The van der Waals surface area contributed by atoms with Gasteiger partial charge in [-0.1, -0.05) is 30.3 Å². The van der Waals surface area contributed by atoms with E-state index in [1.54, 1.807) is 6.92 Å². The van der Waals surface area contributed by atoms with Crippen LogP contribution in [0, 0.1) is 6.92 Å². The number of aromatic amines is 2. The van der Waals surface area contributed by atoms with Gasteiger partial charge in [-0.3, -0.25) is 14.9 Å². The van der Waals surface area contributed by atoms with Crippen LogP contribution in [0.15, 0.2) is 41.5 Å². The summed E-state index contributed by atoms with van der Waals surface area (Å²) in [6.07, 6.45) is 1.82. The zero-order valence-electron chi connectivity index (χ0n) is 13.7. The summed E-state index contributed by atoms with van der Waals surface area (Å²) in [5, 5.41) is 9.31. The molecule has 0 atom stereocenters. The highest BCUT2D eigenvalue weighted by molar-refractivity contribution is 7.20. The fourth-order valence-corrected chi connectivity index (χ4v) is 3.80. The molecule has 3 heterocycles. The van der Waals surface area contributed by atoms with Crippen molar-refractivity contribution in [2.75, 3.05) is 5.32 Å². The normalized spacial score (nSPS) is 11.0. The largest absolute Gasteiger partial charge is 0.310 e. The summed E-state index contributed by atoms with van der Waals surface area (Å²) in [6, 6.07) is 9.76. The fourth-order valence-electron chi connectivity index (χ4n) is 2.71. The van der Waals surface area contributed by atoms with Crippen molar-refractivity contribution >= 4 is 33.4 Å². The minimum Gasteiger partial charge on any atom is -0.310 e. The van der Waals surface area contributed by atoms with Crippen LogP contribution >= 0.6 is 11.3 Å². The number of nitrogens with zero attached hydrogens (tertiary/aromatic N) is 3. The minimum absolute atomic E-state index is 0.242. The number of anilines is 1. The van der Waals surface area contributed by atoms with Gasteiger partial charge < -0.3 is 4.98 Å². The molecule has 3 N–H and O–H groups in total. The number of carbonyl (C=O) groups excluding carboxylic acids is 1. The van der Waals surface area contributed by atoms with Gasteiger partial charge >= 0.3 is 0 Å². The molecule has 0 saturated carbocycles. The number of carbonyl (C=O) groups is 1. The van der Waals surface area contributed by atoms with E-state index in [9.17, 15) is 9.59 Å². The number of fused-ring (bicyclic) bond motifs is 1. The zero-order valence-corrected chi connectivity index (χ0v) is 14.6. The number of hydrogen-bond donors (Lipinski definition) is 3. The number of thiophene rings is 1. The van der Waals surface area contributed by atoms with Crippen molar-refractivity contribution in [2.45, 2.75) is 13.3 Å². The van der Waals surface area contributed by atoms with Crippen LogP contribution in [-0.4, -0.2) is 31.1 Å². The molecule has 0 fully saturated rings. The van der Waals surface area contributed by atoms with Crippen LogP contribution in [0.5, 0.6) is 0 Å². The number of amides is 1. The number of H-pyrrole nitrogens is 2. The number of aryl methyl sites for hydroxylation is 1. The lowest BCUT2D eigenvalue weighted by Crippen LogP contribution is -2.14. The standard InChI is InChI=1S/C17H14N6O2S/c1-9-12-14(24)20-11(7-10-5-3-2-4-6-10)21-16(12)26-13(9)15(25)22-17-18-8-19-23-17/h2-6,8H,7H2,1H3,(H,20,21,24)(H2,18,19,22,23,25). The van der Waals surface area contributed by atoms with E-state index >= 15 is 0 Å². The molecule has 4 aromatic rings. The lowest BCUT2D eigenvalue weighted by atomic mass is 10.1. The first-order chi connectivity index (χ1) is 12.6. The van der Waals surface area contributed by atoms with E-state index in [0.29, 0.717) is 32.9 Å². The van der Waals surface area contributed by atoms with E-state index in [1.807, 2.05) is 30.3 Å². The highest BCUT2D eigenvalue weighted by Crippen LogP contribution is 2.27. The molecule has 9 heteroatoms. The molecule has 130 valence electrons. The van der Waals surface area contributed by atoms with Gasteiger partial charge in [-0.25, -0.2) is 10.1 Å². The summed E-state index contributed by atoms with van der Waals surface area (Å²) >= 11 is 1.19. The summed E-state index contributed by atoms with van der Waals surface area (Å²) in [7, 11) is 0. The molecule has 1 amide bonds. The molecule has 0 spiro atoms. The smallest absolute Gasteiger partial charge is 0.268 e. The summed E-state index contributed by atoms with van der Waals surface area (Å²) in [6.45, 7) is 1.74. The average Bonchev–Trinajstić information content (AvgIpc) is 3.24. The molecule has 0 aliphatic heterocycles. The van der Waals surface area contributed by atoms with Gasteiger partial charge in [-0.05, 0) is 18.1 Å². The van der Waals surface area contributed by atoms with Gasteiger partial charge in [0.1, 0.15) is 17.0 Å². The Labute approximate surface area is 151 Å². The van der Waals surface area contributed by atoms with Gasteiger partial charge in [0.2, 0.25) is 5.95 Å². The first-order valence-electron chi connectivity index (χ1n) is 7.85. The third kappa shape index (κ3) is 3.00. The van der Waals surface area contributed by atoms with Gasteiger partial charge in [0.05, 0.1) is 10.3 Å². The predicted octanol–water partition coefficient (Wildman–Crippen LogP) is 2.25. The maximum absolute atomic E-state index is 12.5. The van der Waals surface area contributed by atoms with Gasteiger partial charge in [-0.2, -0.15) is 10.1 Å². The Kier molecular flexibility index (Phi) is 4.05. The van der Waals surface area contributed by atoms with Crippen molar-refractivity contribution in [1.29, 1.82) is 0 Å². The summed E-state index contributed by atoms with van der Waals surface area (Å²) in [5.74, 6) is 0.460. The average molecular weight is 366 g/mol. The Hall–Kier alpha value is -3.33. The monoisotopic (exact) mass is 366 g/mol. The Morgan fingerprint density at radius 3 is 2.81 bits per heavy atom. The van der Waals surface area contributed by atoms with E-state index in [0.717, 1.165) is 5.56 Å². The van der Waals surface area contributed by atoms with E-state index < -0.39 is 0 Å². The van der Waals surface area contributed by atoms with Crippen molar-refractivity contribution in [2.24, 2.45) is 0 Å². The van der Waals surface area contributed by atoms with Crippen molar-refractivity contribution < 1.29 is 4.79 Å². The highest BCUT2D eigenvalue weighted by Gasteiger charge is 2.20. The van der Waals surface area contributed by atoms with Crippen LogP contribution in [0.1, 0.15) is 26.6 Å². The van der Waals surface area contributed by atoms with Crippen molar-refractivity contribution in [3.63, 3.8) is 0 Å². The first kappa shape index (κ1) is 16.2. The van der Waals surface area contributed by atoms with Crippen molar-refractivity contribution in [3.8, 4) is 0 Å². The summed E-state index contributed by atoms with van der Waals surface area (Å²) < 4.78 is 0. The van der Waals surface area contributed by atoms with Crippen LogP contribution < -0.4 is 10.9 Å². The van der Waals surface area contributed by atoms with Crippen LogP contribution in [0.4, 0.5) is 5.95 Å². The first-order valence-corrected chi connectivity index (χ1v) is 8.66. The molecular formula is C17H14N6O2S. The molecule has 8 nitrogen and oxygen atoms in total. The Morgan fingerprint density at radius 2 is 2.08 bits per heavy atom. The summed E-state index contributed by atoms with van der Waals surface area (Å²) in [5.41, 5.74) is 1.40. The number of rotatable bonds is 4. The number of nitrogens with one attached hydrogen (secondary N) is 3. The molecule has 3 aromatic heterocycles. The van der Waals surface area contributed by atoms with Crippen LogP contribution in [0.3, 0.4) is 0 Å². The minimum atomic E-state index is -0.355.